The first-order valence-corrected chi connectivity index (χ1v) is 6.37. The zero-order chi connectivity index (χ0) is 15.2. The Labute approximate surface area is 121 Å². The SMILES string of the molecule is CC(NC(=O)c1ccc(OCC(N)=O)cc1)c1ncc[nH]1. The fraction of sp³-hybridized carbons (Fsp3) is 0.214. The fourth-order valence-electron chi connectivity index (χ4n) is 1.72. The summed E-state index contributed by atoms with van der Waals surface area (Å²) < 4.78 is 5.12. The zero-order valence-corrected chi connectivity index (χ0v) is 11.5. The molecule has 21 heavy (non-hydrogen) atoms. The summed E-state index contributed by atoms with van der Waals surface area (Å²) in [5.74, 6) is 0.388. The quantitative estimate of drug-likeness (QED) is 0.729. The first-order valence-electron chi connectivity index (χ1n) is 6.37. The first-order chi connectivity index (χ1) is 10.1. The van der Waals surface area contributed by atoms with Crippen LogP contribution in [0.3, 0.4) is 0 Å². The molecule has 0 bridgehead atoms. The minimum atomic E-state index is -0.552. The van der Waals surface area contributed by atoms with E-state index in [2.05, 4.69) is 15.3 Å². The van der Waals surface area contributed by atoms with Gasteiger partial charge in [-0.05, 0) is 31.2 Å². The minimum Gasteiger partial charge on any atom is -0.484 e. The second kappa shape index (κ2) is 6.56. The van der Waals surface area contributed by atoms with Crippen LogP contribution in [0.15, 0.2) is 36.7 Å². The van der Waals surface area contributed by atoms with Gasteiger partial charge in [0.05, 0.1) is 6.04 Å². The lowest BCUT2D eigenvalue weighted by Gasteiger charge is -2.11. The number of nitrogens with two attached hydrogens (primary N) is 1. The van der Waals surface area contributed by atoms with E-state index in [0.717, 1.165) is 0 Å². The molecule has 0 saturated carbocycles. The lowest BCUT2D eigenvalue weighted by atomic mass is 10.2. The van der Waals surface area contributed by atoms with Gasteiger partial charge in [-0.1, -0.05) is 0 Å². The van der Waals surface area contributed by atoms with Crippen LogP contribution in [0, 0.1) is 0 Å². The number of aromatic nitrogens is 2. The molecule has 2 aromatic rings. The molecule has 2 amide bonds. The van der Waals surface area contributed by atoms with Gasteiger partial charge >= 0.3 is 0 Å². The van der Waals surface area contributed by atoms with Crippen LogP contribution in [0.2, 0.25) is 0 Å². The molecule has 4 N–H and O–H groups in total. The highest BCUT2D eigenvalue weighted by molar-refractivity contribution is 5.94. The number of rotatable bonds is 6. The van der Waals surface area contributed by atoms with Gasteiger partial charge in [0.25, 0.3) is 11.8 Å². The normalized spacial score (nSPS) is 11.7. The maximum Gasteiger partial charge on any atom is 0.255 e. The van der Waals surface area contributed by atoms with Gasteiger partial charge in [-0.3, -0.25) is 9.59 Å². The molecule has 1 atom stereocenters. The van der Waals surface area contributed by atoms with Crippen LogP contribution in [-0.2, 0) is 4.79 Å². The summed E-state index contributed by atoms with van der Waals surface area (Å²) in [6, 6.07) is 6.21. The lowest BCUT2D eigenvalue weighted by Crippen LogP contribution is -2.27. The van der Waals surface area contributed by atoms with E-state index in [0.29, 0.717) is 17.1 Å². The monoisotopic (exact) mass is 288 g/mol. The Hall–Kier alpha value is -2.83. The predicted octanol–water partition coefficient (Wildman–Crippen LogP) is 0.765. The van der Waals surface area contributed by atoms with Crippen LogP contribution in [-0.4, -0.2) is 28.4 Å². The van der Waals surface area contributed by atoms with Crippen LogP contribution in [0.5, 0.6) is 5.75 Å². The van der Waals surface area contributed by atoms with Crippen molar-refractivity contribution in [3.63, 3.8) is 0 Å². The third-order valence-electron chi connectivity index (χ3n) is 2.77. The Balaban J connectivity index is 1.95. The van der Waals surface area contributed by atoms with Crippen LogP contribution < -0.4 is 15.8 Å². The fourth-order valence-corrected chi connectivity index (χ4v) is 1.72. The van der Waals surface area contributed by atoms with E-state index in [1.54, 1.807) is 36.7 Å². The molecule has 0 spiro atoms. The molecular weight excluding hydrogens is 272 g/mol. The Morgan fingerprint density at radius 1 is 1.38 bits per heavy atom. The molecule has 1 aromatic heterocycles. The van der Waals surface area contributed by atoms with Gasteiger partial charge in [0.2, 0.25) is 0 Å². The first kappa shape index (κ1) is 14.6. The Morgan fingerprint density at radius 2 is 2.10 bits per heavy atom. The molecule has 0 radical (unpaired) electrons. The number of hydrogen-bond donors (Lipinski definition) is 3. The topological polar surface area (TPSA) is 110 Å². The van der Waals surface area contributed by atoms with Crippen molar-refractivity contribution in [2.45, 2.75) is 13.0 Å². The molecule has 2 rings (SSSR count). The molecule has 1 heterocycles. The number of benzene rings is 1. The molecule has 7 heteroatoms. The number of nitrogens with zero attached hydrogens (tertiary/aromatic N) is 1. The second-order valence-electron chi connectivity index (χ2n) is 4.45. The van der Waals surface area contributed by atoms with Crippen molar-refractivity contribution in [3.05, 3.63) is 48.0 Å². The number of carbonyl (C=O) groups is 2. The molecular formula is C14H16N4O3. The van der Waals surface area contributed by atoms with E-state index in [1.807, 2.05) is 6.92 Å². The van der Waals surface area contributed by atoms with Crippen molar-refractivity contribution in [2.75, 3.05) is 6.61 Å². The summed E-state index contributed by atoms with van der Waals surface area (Å²) in [6.07, 6.45) is 3.33. The van der Waals surface area contributed by atoms with Crippen molar-refractivity contribution in [1.29, 1.82) is 0 Å². The van der Waals surface area contributed by atoms with Crippen LogP contribution in [0.1, 0.15) is 29.1 Å². The van der Waals surface area contributed by atoms with Crippen LogP contribution >= 0.6 is 0 Å². The number of nitrogens with one attached hydrogen (secondary N) is 2. The second-order valence-corrected chi connectivity index (χ2v) is 4.45. The van der Waals surface area contributed by atoms with Gasteiger partial charge in [0, 0.05) is 18.0 Å². The Kier molecular flexibility index (Phi) is 4.55. The summed E-state index contributed by atoms with van der Waals surface area (Å²) in [7, 11) is 0. The van der Waals surface area contributed by atoms with E-state index < -0.39 is 5.91 Å². The summed E-state index contributed by atoms with van der Waals surface area (Å²) in [6.45, 7) is 1.64. The largest absolute Gasteiger partial charge is 0.484 e. The highest BCUT2D eigenvalue weighted by atomic mass is 16.5. The third-order valence-corrected chi connectivity index (χ3v) is 2.77. The van der Waals surface area contributed by atoms with Crippen LogP contribution in [0.4, 0.5) is 0 Å². The number of imidazole rings is 1. The number of carbonyl (C=O) groups excluding carboxylic acids is 2. The average molecular weight is 288 g/mol. The molecule has 110 valence electrons. The standard InChI is InChI=1S/C14H16N4O3/c1-9(13-16-6-7-17-13)18-14(20)10-2-4-11(5-3-10)21-8-12(15)19/h2-7,9H,8H2,1H3,(H2,15,19)(H,16,17)(H,18,20). The van der Waals surface area contributed by atoms with Crippen LogP contribution in [0.25, 0.3) is 0 Å². The molecule has 0 aliphatic carbocycles. The van der Waals surface area contributed by atoms with Gasteiger partial charge < -0.3 is 20.8 Å². The number of aromatic amines is 1. The van der Waals surface area contributed by atoms with E-state index >= 15 is 0 Å². The molecule has 0 fully saturated rings. The predicted molar refractivity (Wildman–Crippen MR) is 75.6 cm³/mol. The van der Waals surface area contributed by atoms with E-state index in [4.69, 9.17) is 10.5 Å². The maximum absolute atomic E-state index is 12.1. The molecule has 7 nitrogen and oxygen atoms in total. The Morgan fingerprint density at radius 3 is 2.67 bits per heavy atom. The molecule has 0 saturated heterocycles. The zero-order valence-electron chi connectivity index (χ0n) is 11.5. The average Bonchev–Trinajstić information content (AvgIpc) is 3.00. The van der Waals surface area contributed by atoms with Crippen molar-refractivity contribution >= 4 is 11.8 Å². The van der Waals surface area contributed by atoms with E-state index in [1.165, 1.54) is 0 Å². The van der Waals surface area contributed by atoms with Crippen molar-refractivity contribution < 1.29 is 14.3 Å². The lowest BCUT2D eigenvalue weighted by molar-refractivity contribution is -0.119. The summed E-state index contributed by atoms with van der Waals surface area (Å²) in [5, 5.41) is 2.82. The Bertz CT molecular complexity index is 608. The van der Waals surface area contributed by atoms with E-state index in [9.17, 15) is 9.59 Å². The van der Waals surface area contributed by atoms with Gasteiger partial charge in [0.15, 0.2) is 6.61 Å². The van der Waals surface area contributed by atoms with Crippen molar-refractivity contribution in [3.8, 4) is 5.75 Å². The number of amides is 2. The van der Waals surface area contributed by atoms with Crippen molar-refractivity contribution in [2.24, 2.45) is 5.73 Å². The smallest absolute Gasteiger partial charge is 0.255 e. The van der Waals surface area contributed by atoms with Gasteiger partial charge in [-0.15, -0.1) is 0 Å². The number of hydrogen-bond acceptors (Lipinski definition) is 4. The maximum atomic E-state index is 12.1. The number of ether oxygens (including phenoxy) is 1. The highest BCUT2D eigenvalue weighted by Crippen LogP contribution is 2.13. The van der Waals surface area contributed by atoms with Gasteiger partial charge in [-0.25, -0.2) is 4.98 Å². The summed E-state index contributed by atoms with van der Waals surface area (Å²) in [5.41, 5.74) is 5.47. The third kappa shape index (κ3) is 4.07. The van der Waals surface area contributed by atoms with Gasteiger partial charge in [-0.2, -0.15) is 0 Å². The number of primary amides is 1. The molecule has 1 unspecified atom stereocenters. The number of H-pyrrole nitrogens is 1. The van der Waals surface area contributed by atoms with E-state index in [-0.39, 0.29) is 18.6 Å². The highest BCUT2D eigenvalue weighted by Gasteiger charge is 2.13. The molecule has 0 aliphatic heterocycles. The van der Waals surface area contributed by atoms with Gasteiger partial charge in [0.1, 0.15) is 11.6 Å². The van der Waals surface area contributed by atoms with Crippen molar-refractivity contribution in [1.82, 2.24) is 15.3 Å². The summed E-state index contributed by atoms with van der Waals surface area (Å²) in [4.78, 5) is 29.7. The molecule has 1 aromatic carbocycles. The molecule has 0 aliphatic rings. The summed E-state index contributed by atoms with van der Waals surface area (Å²) >= 11 is 0. The minimum absolute atomic E-state index is 0.193.